The van der Waals surface area contributed by atoms with Crippen molar-refractivity contribution >= 4 is 5.82 Å². The van der Waals surface area contributed by atoms with Gasteiger partial charge in [-0.3, -0.25) is 0 Å². The molecule has 3 rings (SSSR count). The molecule has 0 radical (unpaired) electrons. The molecule has 0 amide bonds. The molecule has 0 bridgehead atoms. The fourth-order valence-corrected chi connectivity index (χ4v) is 4.26. The average Bonchev–Trinajstić information content (AvgIpc) is 3.10. The van der Waals surface area contributed by atoms with E-state index in [1.54, 1.807) is 0 Å². The van der Waals surface area contributed by atoms with Crippen molar-refractivity contribution in [3.05, 3.63) is 23.4 Å². The molecule has 2 saturated heterocycles. The molecule has 27 heavy (non-hydrogen) atoms. The van der Waals surface area contributed by atoms with Gasteiger partial charge in [-0.25, -0.2) is 4.98 Å². The van der Waals surface area contributed by atoms with Crippen LogP contribution in [0.2, 0.25) is 0 Å². The molecule has 148 valence electrons. The number of pyridine rings is 1. The first-order valence-corrected chi connectivity index (χ1v) is 10.3. The summed E-state index contributed by atoms with van der Waals surface area (Å²) in [5.74, 6) is 1.78. The van der Waals surface area contributed by atoms with Crippen LogP contribution in [0, 0.1) is 23.2 Å². The van der Waals surface area contributed by atoms with Gasteiger partial charge in [0.15, 0.2) is 0 Å². The van der Waals surface area contributed by atoms with Crippen LogP contribution in [-0.2, 0) is 0 Å². The molecule has 2 fully saturated rings. The van der Waals surface area contributed by atoms with E-state index in [1.165, 1.54) is 0 Å². The van der Waals surface area contributed by atoms with E-state index in [0.717, 1.165) is 63.9 Å². The Balaban J connectivity index is 1.71. The van der Waals surface area contributed by atoms with Crippen LogP contribution in [0.3, 0.4) is 0 Å². The van der Waals surface area contributed by atoms with Crippen molar-refractivity contribution in [3.8, 4) is 6.07 Å². The topological polar surface area (TPSA) is 66.6 Å². The van der Waals surface area contributed by atoms with Gasteiger partial charge < -0.3 is 19.8 Å². The smallest absolute Gasteiger partial charge is 0.146 e. The fraction of sp³-hybridized carbons (Fsp3) is 0.714. The Kier molecular flexibility index (Phi) is 6.69. The summed E-state index contributed by atoms with van der Waals surface area (Å²) in [5, 5.41) is 19.5. The van der Waals surface area contributed by atoms with Gasteiger partial charge in [-0.2, -0.15) is 5.26 Å². The van der Waals surface area contributed by atoms with E-state index in [2.05, 4.69) is 41.5 Å². The van der Waals surface area contributed by atoms with Gasteiger partial charge in [0, 0.05) is 64.0 Å². The first-order chi connectivity index (χ1) is 13.0. The van der Waals surface area contributed by atoms with Crippen LogP contribution in [0.1, 0.15) is 37.9 Å². The highest BCUT2D eigenvalue weighted by Gasteiger charge is 2.35. The molecule has 0 unspecified atom stereocenters. The minimum atomic E-state index is 0.196. The number of hydrogen-bond acceptors (Lipinski definition) is 6. The van der Waals surface area contributed by atoms with Crippen molar-refractivity contribution in [1.29, 1.82) is 5.26 Å². The van der Waals surface area contributed by atoms with Gasteiger partial charge in [-0.05, 0) is 30.5 Å². The monoisotopic (exact) mass is 371 g/mol. The minimum absolute atomic E-state index is 0.196. The molecule has 0 spiro atoms. The summed E-state index contributed by atoms with van der Waals surface area (Å²) in [7, 11) is 0. The summed E-state index contributed by atoms with van der Waals surface area (Å²) in [6.45, 7) is 14.9. The number of nitriles is 1. The highest BCUT2D eigenvalue weighted by molar-refractivity contribution is 5.55. The maximum Gasteiger partial charge on any atom is 0.146 e. The summed E-state index contributed by atoms with van der Waals surface area (Å²) in [4.78, 5) is 12.0. The number of hydrogen-bond donors (Lipinski definition) is 1. The van der Waals surface area contributed by atoms with Gasteiger partial charge in [0.25, 0.3) is 0 Å². The molecule has 0 aliphatic carbocycles. The van der Waals surface area contributed by atoms with E-state index < -0.39 is 0 Å². The Labute approximate surface area is 163 Å². The second-order valence-corrected chi connectivity index (χ2v) is 8.22. The number of aromatic nitrogens is 1. The Bertz CT molecular complexity index is 663. The van der Waals surface area contributed by atoms with Crippen molar-refractivity contribution < 1.29 is 5.11 Å². The molecular weight excluding hydrogens is 338 g/mol. The first kappa shape index (κ1) is 20.1. The Morgan fingerprint density at radius 1 is 1.15 bits per heavy atom. The quantitative estimate of drug-likeness (QED) is 0.822. The molecule has 0 aromatic carbocycles. The zero-order valence-corrected chi connectivity index (χ0v) is 16.9. The second kappa shape index (κ2) is 9.01. The fourth-order valence-electron chi connectivity index (χ4n) is 4.26. The minimum Gasteiger partial charge on any atom is -0.396 e. The van der Waals surface area contributed by atoms with E-state index >= 15 is 0 Å². The van der Waals surface area contributed by atoms with Crippen molar-refractivity contribution in [2.75, 3.05) is 63.9 Å². The summed E-state index contributed by atoms with van der Waals surface area (Å²) in [6.07, 6.45) is 0. The number of aliphatic hydroxyl groups excluding tert-OH is 1. The predicted octanol–water partition coefficient (Wildman–Crippen LogP) is 1.76. The zero-order chi connectivity index (χ0) is 19.4. The lowest BCUT2D eigenvalue weighted by atomic mass is 9.96. The third-order valence-corrected chi connectivity index (χ3v) is 6.12. The SMILES string of the molecule is CCN1CCN(C[C@@H]2CN(c3nc(C(C)C)ccc3C#N)C[C@@H]2CO)CC1. The number of rotatable bonds is 6. The number of piperazine rings is 1. The van der Waals surface area contributed by atoms with Gasteiger partial charge in [0.05, 0.1) is 5.56 Å². The van der Waals surface area contributed by atoms with Gasteiger partial charge in [-0.15, -0.1) is 0 Å². The standard InChI is InChI=1S/C21H33N5O/c1-4-24-7-9-25(10-8-24)12-18-13-26(14-19(18)15-27)21-17(11-22)5-6-20(23-21)16(2)3/h5-6,16,18-19,27H,4,7-10,12-15H2,1-3H3/t18-,19-/m1/s1. The Hall–Kier alpha value is -1.68. The summed E-state index contributed by atoms with van der Waals surface area (Å²) < 4.78 is 0. The second-order valence-electron chi connectivity index (χ2n) is 8.22. The summed E-state index contributed by atoms with van der Waals surface area (Å²) in [5.41, 5.74) is 1.65. The van der Waals surface area contributed by atoms with Crippen molar-refractivity contribution in [3.63, 3.8) is 0 Å². The van der Waals surface area contributed by atoms with Crippen LogP contribution in [0.5, 0.6) is 0 Å². The van der Waals surface area contributed by atoms with E-state index in [1.807, 2.05) is 12.1 Å². The van der Waals surface area contributed by atoms with Crippen LogP contribution in [0.15, 0.2) is 12.1 Å². The van der Waals surface area contributed by atoms with Crippen molar-refractivity contribution in [2.45, 2.75) is 26.7 Å². The normalized spacial score (nSPS) is 24.5. The van der Waals surface area contributed by atoms with Gasteiger partial charge in [0.1, 0.15) is 11.9 Å². The molecule has 1 N–H and O–H groups in total. The van der Waals surface area contributed by atoms with E-state index in [-0.39, 0.29) is 12.5 Å². The number of likely N-dealkylation sites (N-methyl/N-ethyl adjacent to an activating group) is 1. The van der Waals surface area contributed by atoms with Crippen LogP contribution in [0.4, 0.5) is 5.82 Å². The van der Waals surface area contributed by atoms with E-state index in [0.29, 0.717) is 17.4 Å². The summed E-state index contributed by atoms with van der Waals surface area (Å²) >= 11 is 0. The van der Waals surface area contributed by atoms with Crippen LogP contribution < -0.4 is 4.90 Å². The lowest BCUT2D eigenvalue weighted by Crippen LogP contribution is -2.48. The first-order valence-electron chi connectivity index (χ1n) is 10.3. The highest BCUT2D eigenvalue weighted by Crippen LogP contribution is 2.31. The van der Waals surface area contributed by atoms with Crippen molar-refractivity contribution in [1.82, 2.24) is 14.8 Å². The number of aliphatic hydroxyl groups is 1. The van der Waals surface area contributed by atoms with Crippen LogP contribution in [-0.4, -0.2) is 78.9 Å². The van der Waals surface area contributed by atoms with Gasteiger partial charge in [0.2, 0.25) is 0 Å². The molecule has 3 heterocycles. The molecule has 1 aromatic rings. The van der Waals surface area contributed by atoms with Crippen LogP contribution >= 0.6 is 0 Å². The number of nitrogens with zero attached hydrogens (tertiary/aromatic N) is 5. The molecular formula is C21H33N5O. The largest absolute Gasteiger partial charge is 0.396 e. The maximum atomic E-state index is 9.94. The molecule has 1 aromatic heterocycles. The van der Waals surface area contributed by atoms with Gasteiger partial charge >= 0.3 is 0 Å². The molecule has 2 aliphatic rings. The zero-order valence-electron chi connectivity index (χ0n) is 16.9. The molecule has 6 nitrogen and oxygen atoms in total. The third kappa shape index (κ3) is 4.60. The molecule has 6 heteroatoms. The van der Waals surface area contributed by atoms with Crippen molar-refractivity contribution in [2.24, 2.45) is 11.8 Å². The molecule has 2 aliphatic heterocycles. The van der Waals surface area contributed by atoms with E-state index in [4.69, 9.17) is 4.98 Å². The third-order valence-electron chi connectivity index (χ3n) is 6.12. The summed E-state index contributed by atoms with van der Waals surface area (Å²) in [6, 6.07) is 6.14. The molecule has 2 atom stereocenters. The Morgan fingerprint density at radius 3 is 2.41 bits per heavy atom. The van der Waals surface area contributed by atoms with E-state index in [9.17, 15) is 10.4 Å². The van der Waals surface area contributed by atoms with Gasteiger partial charge in [-0.1, -0.05) is 20.8 Å². The number of anilines is 1. The lowest BCUT2D eigenvalue weighted by Gasteiger charge is -2.36. The predicted molar refractivity (Wildman–Crippen MR) is 108 cm³/mol. The Morgan fingerprint density at radius 2 is 1.81 bits per heavy atom. The molecule has 0 saturated carbocycles. The average molecular weight is 372 g/mol. The maximum absolute atomic E-state index is 9.94. The lowest BCUT2D eigenvalue weighted by molar-refractivity contribution is 0.106. The highest BCUT2D eigenvalue weighted by atomic mass is 16.3. The van der Waals surface area contributed by atoms with Crippen LogP contribution in [0.25, 0.3) is 0 Å².